The molecule has 0 aliphatic rings. The minimum atomic E-state index is -0.481. The number of hydrogen-bond donors (Lipinski definition) is 0. The van der Waals surface area contributed by atoms with Crippen LogP contribution in [0.1, 0.15) is 19.3 Å². The lowest BCUT2D eigenvalue weighted by atomic mass is 10.2. The van der Waals surface area contributed by atoms with Crippen molar-refractivity contribution in [3.63, 3.8) is 0 Å². The molecule has 0 radical (unpaired) electrons. The van der Waals surface area contributed by atoms with Crippen LogP contribution in [0.3, 0.4) is 0 Å². The summed E-state index contributed by atoms with van der Waals surface area (Å²) < 4.78 is 4.45. The van der Waals surface area contributed by atoms with E-state index in [9.17, 15) is 4.79 Å². The molecule has 88 valence electrons. The number of carbonyl (C=O) groups is 1. The minimum absolute atomic E-state index is 0.154. The van der Waals surface area contributed by atoms with Gasteiger partial charge < -0.3 is 4.74 Å². The van der Waals surface area contributed by atoms with Crippen LogP contribution >= 0.6 is 0 Å². The molecule has 0 bridgehead atoms. The SMILES string of the molecule is C=C(C#N)CCC#N.C=CC(=O)OCCC#N. The van der Waals surface area contributed by atoms with Gasteiger partial charge in [-0.2, -0.15) is 15.8 Å². The monoisotopic (exact) mass is 231 g/mol. The van der Waals surface area contributed by atoms with Crippen LogP contribution < -0.4 is 0 Å². The fourth-order valence-electron chi connectivity index (χ4n) is 0.519. The van der Waals surface area contributed by atoms with Gasteiger partial charge in [0.25, 0.3) is 0 Å². The highest BCUT2D eigenvalue weighted by Crippen LogP contribution is 1.97. The van der Waals surface area contributed by atoms with Crippen molar-refractivity contribution in [2.24, 2.45) is 0 Å². The summed E-state index contributed by atoms with van der Waals surface area (Å²) in [6.45, 7) is 6.73. The van der Waals surface area contributed by atoms with Crippen molar-refractivity contribution in [1.82, 2.24) is 0 Å². The smallest absolute Gasteiger partial charge is 0.330 e. The predicted octanol–water partition coefficient (Wildman–Crippen LogP) is 2.00. The van der Waals surface area contributed by atoms with E-state index in [2.05, 4.69) is 17.9 Å². The van der Waals surface area contributed by atoms with Crippen LogP contribution in [0, 0.1) is 34.0 Å². The van der Waals surface area contributed by atoms with Gasteiger partial charge in [-0.3, -0.25) is 0 Å². The predicted molar refractivity (Wildman–Crippen MR) is 61.0 cm³/mol. The first-order valence-electron chi connectivity index (χ1n) is 4.73. The Kier molecular flexibility index (Phi) is 13.3. The van der Waals surface area contributed by atoms with Gasteiger partial charge in [-0.25, -0.2) is 4.79 Å². The molecule has 0 heterocycles. The Balaban J connectivity index is 0. The molecular weight excluding hydrogens is 218 g/mol. The summed E-state index contributed by atoms with van der Waals surface area (Å²) in [4.78, 5) is 10.2. The van der Waals surface area contributed by atoms with E-state index in [4.69, 9.17) is 15.8 Å². The molecule has 0 atom stereocenters. The highest BCUT2D eigenvalue weighted by molar-refractivity contribution is 5.81. The molecule has 0 saturated carbocycles. The Morgan fingerprint density at radius 1 is 1.24 bits per heavy atom. The van der Waals surface area contributed by atoms with Crippen LogP contribution in [0.4, 0.5) is 0 Å². The molecule has 0 N–H and O–H groups in total. The molecule has 0 aliphatic carbocycles. The average Bonchev–Trinajstić information content (AvgIpc) is 2.36. The Morgan fingerprint density at radius 2 is 1.82 bits per heavy atom. The molecule has 0 rings (SSSR count). The quantitative estimate of drug-likeness (QED) is 0.312. The van der Waals surface area contributed by atoms with Gasteiger partial charge in [0.05, 0.1) is 24.6 Å². The molecule has 0 fully saturated rings. The van der Waals surface area contributed by atoms with E-state index in [1.165, 1.54) is 0 Å². The summed E-state index contributed by atoms with van der Waals surface area (Å²) in [6, 6.07) is 5.61. The summed E-state index contributed by atoms with van der Waals surface area (Å²) in [5, 5.41) is 24.1. The van der Waals surface area contributed by atoms with Gasteiger partial charge in [-0.05, 0) is 6.42 Å². The van der Waals surface area contributed by atoms with Gasteiger partial charge in [0.2, 0.25) is 0 Å². The van der Waals surface area contributed by atoms with Crippen molar-refractivity contribution in [2.75, 3.05) is 6.61 Å². The maximum atomic E-state index is 10.2. The molecule has 5 heteroatoms. The van der Waals surface area contributed by atoms with Crippen molar-refractivity contribution in [2.45, 2.75) is 19.3 Å². The molecule has 0 aromatic carbocycles. The number of allylic oxidation sites excluding steroid dienone is 1. The van der Waals surface area contributed by atoms with Gasteiger partial charge in [0.1, 0.15) is 6.61 Å². The highest BCUT2D eigenvalue weighted by atomic mass is 16.5. The molecule has 0 spiro atoms. The van der Waals surface area contributed by atoms with E-state index in [1.54, 1.807) is 0 Å². The lowest BCUT2D eigenvalue weighted by Gasteiger charge is -1.93. The average molecular weight is 231 g/mol. The Labute approximate surface area is 101 Å². The number of nitriles is 3. The normalized spacial score (nSPS) is 7.12. The number of ether oxygens (including phenoxy) is 1. The van der Waals surface area contributed by atoms with Gasteiger partial charge in [0, 0.05) is 18.1 Å². The van der Waals surface area contributed by atoms with Crippen molar-refractivity contribution < 1.29 is 9.53 Å². The maximum Gasteiger partial charge on any atom is 0.330 e. The van der Waals surface area contributed by atoms with Gasteiger partial charge >= 0.3 is 5.97 Å². The number of hydrogen-bond acceptors (Lipinski definition) is 5. The molecule has 0 unspecified atom stereocenters. The van der Waals surface area contributed by atoms with E-state index < -0.39 is 5.97 Å². The number of rotatable bonds is 5. The van der Waals surface area contributed by atoms with Crippen molar-refractivity contribution >= 4 is 5.97 Å². The molecule has 0 aromatic rings. The van der Waals surface area contributed by atoms with Crippen LogP contribution in [0.2, 0.25) is 0 Å². The number of nitrogens with zero attached hydrogens (tertiary/aromatic N) is 3. The van der Waals surface area contributed by atoms with Crippen LogP contribution in [-0.2, 0) is 9.53 Å². The first kappa shape index (κ1) is 16.8. The van der Waals surface area contributed by atoms with Crippen LogP contribution in [0.15, 0.2) is 24.8 Å². The van der Waals surface area contributed by atoms with Gasteiger partial charge in [-0.15, -0.1) is 0 Å². The highest BCUT2D eigenvalue weighted by Gasteiger charge is 1.91. The second-order valence-electron chi connectivity index (χ2n) is 2.65. The molecule has 0 saturated heterocycles. The lowest BCUT2D eigenvalue weighted by molar-refractivity contribution is -0.137. The maximum absolute atomic E-state index is 10.2. The van der Waals surface area contributed by atoms with E-state index in [1.807, 2.05) is 18.2 Å². The fourth-order valence-corrected chi connectivity index (χ4v) is 0.519. The first-order valence-corrected chi connectivity index (χ1v) is 4.73. The van der Waals surface area contributed by atoms with E-state index in [0.29, 0.717) is 18.4 Å². The Bertz CT molecular complexity index is 380. The van der Waals surface area contributed by atoms with Crippen LogP contribution in [0.5, 0.6) is 0 Å². The minimum Gasteiger partial charge on any atom is -0.461 e. The molecule has 0 aromatic heterocycles. The molecule has 17 heavy (non-hydrogen) atoms. The zero-order valence-electron chi connectivity index (χ0n) is 9.48. The first-order chi connectivity index (χ1) is 8.12. The summed E-state index contributed by atoms with van der Waals surface area (Å²) in [6.07, 6.45) is 2.20. The second kappa shape index (κ2) is 13.4. The van der Waals surface area contributed by atoms with E-state index >= 15 is 0 Å². The van der Waals surface area contributed by atoms with Crippen LogP contribution in [-0.4, -0.2) is 12.6 Å². The topological polar surface area (TPSA) is 97.7 Å². The van der Waals surface area contributed by atoms with E-state index in [0.717, 1.165) is 6.08 Å². The molecule has 0 aliphatic heterocycles. The zero-order chi connectivity index (χ0) is 13.5. The summed E-state index contributed by atoms with van der Waals surface area (Å²) >= 11 is 0. The Hall–Kier alpha value is -2.58. The number of carbonyl (C=O) groups excluding carboxylic acids is 1. The zero-order valence-corrected chi connectivity index (χ0v) is 9.48. The largest absolute Gasteiger partial charge is 0.461 e. The van der Waals surface area contributed by atoms with Gasteiger partial charge in [0.15, 0.2) is 0 Å². The molecule has 5 nitrogen and oxygen atoms in total. The van der Waals surface area contributed by atoms with E-state index in [-0.39, 0.29) is 13.0 Å². The molecule has 0 amide bonds. The summed E-state index contributed by atoms with van der Waals surface area (Å²) in [5.74, 6) is -0.481. The third-order valence-corrected chi connectivity index (χ3v) is 1.32. The standard InChI is InChI=1S/C6H6N2.C6H7NO2/c1-6(5-8)3-2-4-7;1-2-6(8)9-5-3-4-7/h1-3H2;2H,1,3,5H2. The second-order valence-corrected chi connectivity index (χ2v) is 2.65. The van der Waals surface area contributed by atoms with Crippen molar-refractivity contribution in [1.29, 1.82) is 15.8 Å². The van der Waals surface area contributed by atoms with Crippen LogP contribution in [0.25, 0.3) is 0 Å². The summed E-state index contributed by atoms with van der Waals surface area (Å²) in [5.41, 5.74) is 0.478. The third kappa shape index (κ3) is 16.1. The Morgan fingerprint density at radius 3 is 2.24 bits per heavy atom. The third-order valence-electron chi connectivity index (χ3n) is 1.32. The number of esters is 1. The summed E-state index contributed by atoms with van der Waals surface area (Å²) in [7, 11) is 0. The van der Waals surface area contributed by atoms with Crippen molar-refractivity contribution in [3.05, 3.63) is 24.8 Å². The van der Waals surface area contributed by atoms with Gasteiger partial charge in [-0.1, -0.05) is 13.2 Å². The molecular formula is C12H13N3O2. The van der Waals surface area contributed by atoms with Crippen molar-refractivity contribution in [3.8, 4) is 18.2 Å². The lowest BCUT2D eigenvalue weighted by Crippen LogP contribution is -2.00. The fraction of sp³-hybridized carbons (Fsp3) is 0.333.